The first-order chi connectivity index (χ1) is 8.38. The summed E-state index contributed by atoms with van der Waals surface area (Å²) < 4.78 is 1.93. The Morgan fingerprint density at radius 2 is 2.06 bits per heavy atom. The molecule has 0 atom stereocenters. The molecule has 1 aromatic heterocycles. The molecule has 4 heteroatoms. The standard InChI is InChI=1S/C14H23N3O/c1-7-8-10(4)14(18)15-13-11(5)16-17(9(2)3)12(13)6/h8-9H,7H2,1-6H3,(H,15,18)/b10-8+. The van der Waals surface area contributed by atoms with Crippen LogP contribution >= 0.6 is 0 Å². The highest BCUT2D eigenvalue weighted by molar-refractivity contribution is 6.03. The molecular formula is C14H23N3O. The number of nitrogens with one attached hydrogen (secondary N) is 1. The van der Waals surface area contributed by atoms with Crippen molar-refractivity contribution in [2.75, 3.05) is 5.32 Å². The first-order valence-corrected chi connectivity index (χ1v) is 6.42. The first kappa shape index (κ1) is 14.5. The fraction of sp³-hybridized carbons (Fsp3) is 0.571. The Labute approximate surface area is 109 Å². The number of carbonyl (C=O) groups is 1. The third-order valence-electron chi connectivity index (χ3n) is 2.92. The summed E-state index contributed by atoms with van der Waals surface area (Å²) in [5.74, 6) is -0.0497. The Morgan fingerprint density at radius 1 is 1.44 bits per heavy atom. The summed E-state index contributed by atoms with van der Waals surface area (Å²) in [5, 5.41) is 7.40. The van der Waals surface area contributed by atoms with E-state index in [1.54, 1.807) is 0 Å². The summed E-state index contributed by atoms with van der Waals surface area (Å²) in [6.45, 7) is 11.9. The molecule has 0 aliphatic carbocycles. The van der Waals surface area contributed by atoms with E-state index in [0.717, 1.165) is 29.1 Å². The maximum atomic E-state index is 12.0. The van der Waals surface area contributed by atoms with E-state index >= 15 is 0 Å². The van der Waals surface area contributed by atoms with Crippen molar-refractivity contribution in [3.8, 4) is 0 Å². The predicted molar refractivity (Wildman–Crippen MR) is 74.8 cm³/mol. The minimum atomic E-state index is -0.0497. The average molecular weight is 249 g/mol. The van der Waals surface area contributed by atoms with Gasteiger partial charge in [0.15, 0.2) is 0 Å². The predicted octanol–water partition coefficient (Wildman–Crippen LogP) is 3.38. The lowest BCUT2D eigenvalue weighted by atomic mass is 10.2. The molecule has 0 spiro atoms. The van der Waals surface area contributed by atoms with Crippen molar-refractivity contribution in [1.82, 2.24) is 9.78 Å². The SMILES string of the molecule is CC/C=C(\C)C(=O)Nc1c(C)nn(C(C)C)c1C. The van der Waals surface area contributed by atoms with Crippen LogP contribution in [0, 0.1) is 13.8 Å². The van der Waals surface area contributed by atoms with Gasteiger partial charge in [0.2, 0.25) is 0 Å². The van der Waals surface area contributed by atoms with Crippen LogP contribution in [0.5, 0.6) is 0 Å². The van der Waals surface area contributed by atoms with Crippen molar-refractivity contribution >= 4 is 11.6 Å². The molecule has 0 unspecified atom stereocenters. The van der Waals surface area contributed by atoms with Crippen molar-refractivity contribution in [3.05, 3.63) is 23.0 Å². The number of hydrogen-bond donors (Lipinski definition) is 1. The lowest BCUT2D eigenvalue weighted by Crippen LogP contribution is -2.14. The zero-order valence-corrected chi connectivity index (χ0v) is 12.2. The lowest BCUT2D eigenvalue weighted by molar-refractivity contribution is -0.112. The van der Waals surface area contributed by atoms with Crippen LogP contribution in [0.1, 0.15) is 51.5 Å². The Morgan fingerprint density at radius 3 is 2.50 bits per heavy atom. The second-order valence-electron chi connectivity index (χ2n) is 4.83. The summed E-state index contributed by atoms with van der Waals surface area (Å²) in [6.07, 6.45) is 2.79. The summed E-state index contributed by atoms with van der Waals surface area (Å²) in [4.78, 5) is 12.0. The average Bonchev–Trinajstić information content (AvgIpc) is 2.57. The van der Waals surface area contributed by atoms with Crippen LogP contribution in [0.3, 0.4) is 0 Å². The molecule has 1 N–H and O–H groups in total. The van der Waals surface area contributed by atoms with Gasteiger partial charge in [-0.05, 0) is 41.0 Å². The highest BCUT2D eigenvalue weighted by Gasteiger charge is 2.15. The van der Waals surface area contributed by atoms with E-state index < -0.39 is 0 Å². The van der Waals surface area contributed by atoms with Crippen LogP contribution in [-0.2, 0) is 4.79 Å². The van der Waals surface area contributed by atoms with E-state index in [-0.39, 0.29) is 5.91 Å². The van der Waals surface area contributed by atoms with Gasteiger partial charge < -0.3 is 5.32 Å². The molecule has 1 rings (SSSR count). The Kier molecular flexibility index (Phi) is 4.70. The van der Waals surface area contributed by atoms with Gasteiger partial charge in [0, 0.05) is 11.6 Å². The van der Waals surface area contributed by atoms with Crippen molar-refractivity contribution in [2.24, 2.45) is 0 Å². The molecule has 1 amide bonds. The number of rotatable bonds is 4. The smallest absolute Gasteiger partial charge is 0.251 e. The minimum absolute atomic E-state index is 0.0497. The number of nitrogens with zero attached hydrogens (tertiary/aromatic N) is 2. The molecule has 18 heavy (non-hydrogen) atoms. The van der Waals surface area contributed by atoms with Gasteiger partial charge >= 0.3 is 0 Å². The van der Waals surface area contributed by atoms with Crippen molar-refractivity contribution in [2.45, 2.75) is 54.0 Å². The Bertz CT molecular complexity index is 470. The highest BCUT2D eigenvalue weighted by Crippen LogP contribution is 2.22. The zero-order valence-electron chi connectivity index (χ0n) is 12.2. The second kappa shape index (κ2) is 5.85. The number of hydrogen-bond acceptors (Lipinski definition) is 2. The molecule has 0 fully saturated rings. The van der Waals surface area contributed by atoms with Gasteiger partial charge in [-0.1, -0.05) is 13.0 Å². The largest absolute Gasteiger partial charge is 0.319 e. The Hall–Kier alpha value is -1.58. The number of aromatic nitrogens is 2. The fourth-order valence-electron chi connectivity index (χ4n) is 1.96. The molecule has 100 valence electrons. The lowest BCUT2D eigenvalue weighted by Gasteiger charge is -2.09. The van der Waals surface area contributed by atoms with Gasteiger partial charge in [-0.2, -0.15) is 5.10 Å². The molecular weight excluding hydrogens is 226 g/mol. The van der Waals surface area contributed by atoms with Gasteiger partial charge in [-0.25, -0.2) is 0 Å². The molecule has 0 aliphatic rings. The van der Waals surface area contributed by atoms with Crippen LogP contribution in [0.25, 0.3) is 0 Å². The molecule has 0 radical (unpaired) electrons. The van der Waals surface area contributed by atoms with Crippen molar-refractivity contribution in [3.63, 3.8) is 0 Å². The van der Waals surface area contributed by atoms with E-state index in [1.165, 1.54) is 0 Å². The van der Waals surface area contributed by atoms with E-state index in [1.807, 2.05) is 38.5 Å². The molecule has 1 heterocycles. The third-order valence-corrected chi connectivity index (χ3v) is 2.92. The topological polar surface area (TPSA) is 46.9 Å². The number of anilines is 1. The molecule has 0 aromatic carbocycles. The van der Waals surface area contributed by atoms with Gasteiger partial charge in [0.25, 0.3) is 5.91 Å². The van der Waals surface area contributed by atoms with Gasteiger partial charge in [-0.3, -0.25) is 9.48 Å². The molecule has 1 aromatic rings. The summed E-state index contributed by atoms with van der Waals surface area (Å²) in [7, 11) is 0. The quantitative estimate of drug-likeness (QED) is 0.831. The highest BCUT2D eigenvalue weighted by atomic mass is 16.1. The third kappa shape index (κ3) is 3.00. The van der Waals surface area contributed by atoms with Crippen LogP contribution in [0.4, 0.5) is 5.69 Å². The van der Waals surface area contributed by atoms with E-state index in [2.05, 4.69) is 24.3 Å². The zero-order chi connectivity index (χ0) is 13.9. The summed E-state index contributed by atoms with van der Waals surface area (Å²) in [6, 6.07) is 0.293. The van der Waals surface area contributed by atoms with Crippen LogP contribution in [0.15, 0.2) is 11.6 Å². The van der Waals surface area contributed by atoms with Gasteiger partial charge in [0.1, 0.15) is 0 Å². The van der Waals surface area contributed by atoms with E-state index in [4.69, 9.17) is 0 Å². The molecule has 0 saturated heterocycles. The van der Waals surface area contributed by atoms with Crippen molar-refractivity contribution < 1.29 is 4.79 Å². The maximum absolute atomic E-state index is 12.0. The number of aryl methyl sites for hydroxylation is 1. The molecule has 0 bridgehead atoms. The second-order valence-corrected chi connectivity index (χ2v) is 4.83. The van der Waals surface area contributed by atoms with Gasteiger partial charge in [0.05, 0.1) is 17.1 Å². The fourth-order valence-corrected chi connectivity index (χ4v) is 1.96. The number of carbonyl (C=O) groups excluding carboxylic acids is 1. The molecule has 0 saturated carbocycles. The van der Waals surface area contributed by atoms with Gasteiger partial charge in [-0.15, -0.1) is 0 Å². The van der Waals surface area contributed by atoms with Crippen LogP contribution in [-0.4, -0.2) is 15.7 Å². The summed E-state index contributed by atoms with van der Waals surface area (Å²) in [5.41, 5.74) is 3.44. The number of allylic oxidation sites excluding steroid dienone is 1. The van der Waals surface area contributed by atoms with E-state index in [0.29, 0.717) is 6.04 Å². The minimum Gasteiger partial charge on any atom is -0.319 e. The maximum Gasteiger partial charge on any atom is 0.251 e. The van der Waals surface area contributed by atoms with Crippen LogP contribution in [0.2, 0.25) is 0 Å². The number of amides is 1. The van der Waals surface area contributed by atoms with Crippen molar-refractivity contribution in [1.29, 1.82) is 0 Å². The first-order valence-electron chi connectivity index (χ1n) is 6.42. The molecule has 0 aliphatic heterocycles. The van der Waals surface area contributed by atoms with E-state index in [9.17, 15) is 4.79 Å². The van der Waals surface area contributed by atoms with Crippen LogP contribution < -0.4 is 5.32 Å². The summed E-state index contributed by atoms with van der Waals surface area (Å²) >= 11 is 0. The molecule has 4 nitrogen and oxygen atoms in total. The monoisotopic (exact) mass is 249 g/mol. The normalized spacial score (nSPS) is 12.1. The Balaban J connectivity index is 2.99.